The van der Waals surface area contributed by atoms with Gasteiger partial charge in [-0.2, -0.15) is 0 Å². The van der Waals surface area contributed by atoms with Crippen molar-refractivity contribution in [3.05, 3.63) is 54.1 Å². The van der Waals surface area contributed by atoms with Gasteiger partial charge >= 0.3 is 0 Å². The number of anilines is 2. The normalized spacial score (nSPS) is 12.5. The molecule has 0 fully saturated rings. The van der Waals surface area contributed by atoms with Crippen molar-refractivity contribution >= 4 is 21.4 Å². The first-order chi connectivity index (χ1) is 10.9. The molecule has 5 nitrogen and oxygen atoms in total. The molecular weight excluding hydrogens is 312 g/mol. The van der Waals surface area contributed by atoms with Gasteiger partial charge in [0.2, 0.25) is 10.0 Å². The molecule has 124 valence electrons. The fraction of sp³-hybridized carbons (Fsp3) is 0.294. The van der Waals surface area contributed by atoms with E-state index in [1.54, 1.807) is 12.1 Å². The fourth-order valence-electron chi connectivity index (χ4n) is 2.23. The first-order valence-corrected chi connectivity index (χ1v) is 9.33. The van der Waals surface area contributed by atoms with Crippen LogP contribution in [0.4, 0.5) is 11.4 Å². The van der Waals surface area contributed by atoms with E-state index in [-0.39, 0.29) is 6.04 Å². The van der Waals surface area contributed by atoms with E-state index in [0.29, 0.717) is 12.3 Å². The first kappa shape index (κ1) is 17.1. The molecule has 0 aliphatic heterocycles. The van der Waals surface area contributed by atoms with Crippen molar-refractivity contribution < 1.29 is 13.2 Å². The highest BCUT2D eigenvalue weighted by atomic mass is 32.2. The summed E-state index contributed by atoms with van der Waals surface area (Å²) < 4.78 is 30.4. The molecule has 6 heteroatoms. The van der Waals surface area contributed by atoms with Gasteiger partial charge in [0.15, 0.2) is 0 Å². The molecule has 0 bridgehead atoms. The van der Waals surface area contributed by atoms with Crippen LogP contribution in [0, 0.1) is 0 Å². The monoisotopic (exact) mass is 334 g/mol. The molecule has 2 N–H and O–H groups in total. The van der Waals surface area contributed by atoms with Crippen LogP contribution in [0.2, 0.25) is 0 Å². The Morgan fingerprint density at radius 2 is 1.78 bits per heavy atom. The summed E-state index contributed by atoms with van der Waals surface area (Å²) in [5.74, 6) is 0.831. The molecule has 0 saturated carbocycles. The number of hydrogen-bond acceptors (Lipinski definition) is 4. The molecule has 2 aromatic carbocycles. The Kier molecular flexibility index (Phi) is 5.50. The van der Waals surface area contributed by atoms with Gasteiger partial charge in [-0.15, -0.1) is 0 Å². The van der Waals surface area contributed by atoms with Crippen LogP contribution in [0.1, 0.15) is 25.5 Å². The zero-order valence-electron chi connectivity index (χ0n) is 13.5. The summed E-state index contributed by atoms with van der Waals surface area (Å²) in [6.45, 7) is 4.63. The van der Waals surface area contributed by atoms with Gasteiger partial charge in [-0.25, -0.2) is 8.42 Å². The second-order valence-corrected chi connectivity index (χ2v) is 7.07. The summed E-state index contributed by atoms with van der Waals surface area (Å²) in [6.07, 6.45) is 1.14. The topological polar surface area (TPSA) is 67.4 Å². The third-order valence-electron chi connectivity index (χ3n) is 3.24. The summed E-state index contributed by atoms with van der Waals surface area (Å²) in [5, 5.41) is 3.41. The number of benzene rings is 2. The largest absolute Gasteiger partial charge is 0.494 e. The molecule has 1 atom stereocenters. The van der Waals surface area contributed by atoms with Crippen LogP contribution in [-0.4, -0.2) is 21.3 Å². The molecule has 0 saturated heterocycles. The van der Waals surface area contributed by atoms with Crippen molar-refractivity contribution in [3.63, 3.8) is 0 Å². The smallest absolute Gasteiger partial charge is 0.229 e. The molecule has 0 aliphatic carbocycles. The molecule has 0 aromatic heterocycles. The van der Waals surface area contributed by atoms with Crippen molar-refractivity contribution in [1.29, 1.82) is 0 Å². The molecule has 0 heterocycles. The van der Waals surface area contributed by atoms with Gasteiger partial charge in [-0.3, -0.25) is 4.72 Å². The maximum absolute atomic E-state index is 11.2. The Morgan fingerprint density at radius 3 is 2.39 bits per heavy atom. The quantitative estimate of drug-likeness (QED) is 0.811. The molecule has 2 aromatic rings. The predicted molar refractivity (Wildman–Crippen MR) is 94.6 cm³/mol. The van der Waals surface area contributed by atoms with Gasteiger partial charge in [0.1, 0.15) is 5.75 Å². The summed E-state index contributed by atoms with van der Waals surface area (Å²) in [4.78, 5) is 0. The van der Waals surface area contributed by atoms with E-state index in [9.17, 15) is 8.42 Å². The minimum atomic E-state index is -3.25. The lowest BCUT2D eigenvalue weighted by Gasteiger charge is -2.17. The second kappa shape index (κ2) is 7.37. The van der Waals surface area contributed by atoms with Crippen molar-refractivity contribution in [3.8, 4) is 5.75 Å². The lowest BCUT2D eigenvalue weighted by molar-refractivity contribution is 0.340. The summed E-state index contributed by atoms with van der Waals surface area (Å²) in [5.41, 5.74) is 2.59. The van der Waals surface area contributed by atoms with E-state index < -0.39 is 10.0 Å². The third kappa shape index (κ3) is 5.49. The summed E-state index contributed by atoms with van der Waals surface area (Å²) in [6, 6.07) is 15.2. The van der Waals surface area contributed by atoms with E-state index in [2.05, 4.69) is 10.0 Å². The highest BCUT2D eigenvalue weighted by Crippen LogP contribution is 2.24. The van der Waals surface area contributed by atoms with Gasteiger partial charge in [-0.1, -0.05) is 18.2 Å². The van der Waals surface area contributed by atoms with E-state index in [1.807, 2.05) is 50.2 Å². The average molecular weight is 334 g/mol. The highest BCUT2D eigenvalue weighted by molar-refractivity contribution is 7.92. The van der Waals surface area contributed by atoms with Crippen LogP contribution in [0.3, 0.4) is 0 Å². The molecule has 0 spiro atoms. The number of rotatable bonds is 7. The van der Waals surface area contributed by atoms with Crippen LogP contribution < -0.4 is 14.8 Å². The highest BCUT2D eigenvalue weighted by Gasteiger charge is 2.07. The molecule has 0 aliphatic rings. The molecule has 2 rings (SSSR count). The van der Waals surface area contributed by atoms with Gasteiger partial charge in [0.05, 0.1) is 12.9 Å². The summed E-state index contributed by atoms with van der Waals surface area (Å²) in [7, 11) is -3.25. The zero-order chi connectivity index (χ0) is 16.9. The summed E-state index contributed by atoms with van der Waals surface area (Å²) >= 11 is 0. The standard InChI is InChI=1S/C17H22N2O3S/c1-4-22-17-7-5-6-16(12-17)18-13(2)14-8-10-15(11-9-14)19-23(3,20)21/h5-13,18-19H,4H2,1-3H3/t13-/m0/s1. The van der Waals surface area contributed by atoms with Gasteiger partial charge in [0.25, 0.3) is 0 Å². The lowest BCUT2D eigenvalue weighted by Crippen LogP contribution is -2.10. The fourth-order valence-corrected chi connectivity index (χ4v) is 2.79. The molecule has 0 radical (unpaired) electrons. The number of ether oxygens (including phenoxy) is 1. The van der Waals surface area contributed by atoms with Gasteiger partial charge in [0, 0.05) is 23.5 Å². The van der Waals surface area contributed by atoms with E-state index in [0.717, 1.165) is 23.3 Å². The molecular formula is C17H22N2O3S. The lowest BCUT2D eigenvalue weighted by atomic mass is 10.1. The Labute approximate surface area is 137 Å². The van der Waals surface area contributed by atoms with Crippen LogP contribution in [0.5, 0.6) is 5.75 Å². The second-order valence-electron chi connectivity index (χ2n) is 5.32. The number of nitrogens with one attached hydrogen (secondary N) is 2. The van der Waals surface area contributed by atoms with Crippen LogP contribution in [0.15, 0.2) is 48.5 Å². The maximum atomic E-state index is 11.2. The zero-order valence-corrected chi connectivity index (χ0v) is 14.4. The van der Waals surface area contributed by atoms with Crippen molar-refractivity contribution in [1.82, 2.24) is 0 Å². The van der Waals surface area contributed by atoms with E-state index in [1.165, 1.54) is 0 Å². The van der Waals surface area contributed by atoms with Crippen molar-refractivity contribution in [2.24, 2.45) is 0 Å². The minimum Gasteiger partial charge on any atom is -0.494 e. The molecule has 0 unspecified atom stereocenters. The Balaban J connectivity index is 2.05. The average Bonchev–Trinajstić information content (AvgIpc) is 2.47. The molecule has 23 heavy (non-hydrogen) atoms. The van der Waals surface area contributed by atoms with Crippen molar-refractivity contribution in [2.45, 2.75) is 19.9 Å². The SMILES string of the molecule is CCOc1cccc(N[C@@H](C)c2ccc(NS(C)(=O)=O)cc2)c1. The first-order valence-electron chi connectivity index (χ1n) is 7.44. The van der Waals surface area contributed by atoms with Gasteiger partial charge in [-0.05, 0) is 43.7 Å². The van der Waals surface area contributed by atoms with E-state index >= 15 is 0 Å². The molecule has 0 amide bonds. The third-order valence-corrected chi connectivity index (χ3v) is 3.85. The van der Waals surface area contributed by atoms with Gasteiger partial charge < -0.3 is 10.1 Å². The minimum absolute atomic E-state index is 0.0826. The Morgan fingerprint density at radius 1 is 1.09 bits per heavy atom. The van der Waals surface area contributed by atoms with Crippen LogP contribution >= 0.6 is 0 Å². The van der Waals surface area contributed by atoms with Crippen LogP contribution in [-0.2, 0) is 10.0 Å². The number of sulfonamides is 1. The predicted octanol–water partition coefficient (Wildman–Crippen LogP) is 3.63. The number of hydrogen-bond donors (Lipinski definition) is 2. The van der Waals surface area contributed by atoms with E-state index in [4.69, 9.17) is 4.74 Å². The van der Waals surface area contributed by atoms with Crippen LogP contribution in [0.25, 0.3) is 0 Å². The maximum Gasteiger partial charge on any atom is 0.229 e. The Hall–Kier alpha value is -2.21. The van der Waals surface area contributed by atoms with Crippen molar-refractivity contribution in [2.75, 3.05) is 22.9 Å². The Bertz CT molecular complexity index is 743.